The maximum atomic E-state index is 13.1. The molecule has 1 saturated heterocycles. The molecule has 2 aromatic rings. The number of oxazole rings is 1. The van der Waals surface area contributed by atoms with Gasteiger partial charge in [-0.2, -0.15) is 0 Å². The lowest BCUT2D eigenvalue weighted by Crippen LogP contribution is -2.61. The molecule has 1 atom stereocenters. The number of fused-ring (bicyclic) bond motifs is 1. The fourth-order valence-corrected chi connectivity index (χ4v) is 4.08. The van der Waals surface area contributed by atoms with Crippen LogP contribution in [0.2, 0.25) is 0 Å². The third-order valence-electron chi connectivity index (χ3n) is 5.73. The summed E-state index contributed by atoms with van der Waals surface area (Å²) >= 11 is 0. The summed E-state index contributed by atoms with van der Waals surface area (Å²) in [6, 6.07) is 8.00. The second kappa shape index (κ2) is 8.87. The Hall–Kier alpha value is -2.87. The molecule has 8 heteroatoms. The number of nitrogens with zero attached hydrogens (tertiary/aromatic N) is 2. The van der Waals surface area contributed by atoms with E-state index in [1.54, 1.807) is 11.8 Å². The number of rotatable bonds is 1. The molecule has 0 radical (unpaired) electrons. The molecule has 0 bridgehead atoms. The van der Waals surface area contributed by atoms with Gasteiger partial charge < -0.3 is 24.1 Å². The number of carbonyl (C=O) groups excluding carboxylic acids is 2. The highest BCUT2D eigenvalue weighted by Crippen LogP contribution is 2.28. The molecule has 0 aliphatic carbocycles. The van der Waals surface area contributed by atoms with E-state index in [-0.39, 0.29) is 24.1 Å². The van der Waals surface area contributed by atoms with Crippen LogP contribution in [0.25, 0.3) is 0 Å². The third kappa shape index (κ3) is 4.18. The van der Waals surface area contributed by atoms with Crippen LogP contribution in [0.5, 0.6) is 5.75 Å². The van der Waals surface area contributed by atoms with E-state index in [4.69, 9.17) is 13.9 Å². The summed E-state index contributed by atoms with van der Waals surface area (Å²) in [6.07, 6.45) is 4.37. The van der Waals surface area contributed by atoms with Crippen molar-refractivity contribution < 1.29 is 23.5 Å². The predicted molar refractivity (Wildman–Crippen MR) is 108 cm³/mol. The molecule has 30 heavy (non-hydrogen) atoms. The van der Waals surface area contributed by atoms with Crippen LogP contribution in [0.1, 0.15) is 41.1 Å². The van der Waals surface area contributed by atoms with Crippen molar-refractivity contribution in [3.8, 4) is 5.75 Å². The number of amides is 2. The Kier molecular flexibility index (Phi) is 6.03. The minimum atomic E-state index is -1.07. The number of ether oxygens (including phenoxy) is 2. The largest absolute Gasteiger partial charge is 0.491 e. The van der Waals surface area contributed by atoms with Crippen LogP contribution < -0.4 is 10.1 Å². The summed E-state index contributed by atoms with van der Waals surface area (Å²) < 4.78 is 17.1. The van der Waals surface area contributed by atoms with Gasteiger partial charge in [0.1, 0.15) is 18.1 Å². The molecule has 1 unspecified atom stereocenters. The number of para-hydroxylation sites is 1. The van der Waals surface area contributed by atoms with E-state index in [9.17, 15) is 9.59 Å². The van der Waals surface area contributed by atoms with Gasteiger partial charge in [-0.25, -0.2) is 4.98 Å². The molecule has 2 aliphatic rings. The molecule has 0 saturated carbocycles. The number of morpholine rings is 1. The standard InChI is InChI=1S/C22H27N3O5/c1-16-19(24-15-29-16)20(26)25-11-13-30-22(14-25)9-5-4-7-17-6-2-3-8-18(17)28-12-10-23-21(22)27/h2-3,6,8,15H,4-5,7,9-14H2,1H3,(H,23,27). The Labute approximate surface area is 175 Å². The van der Waals surface area contributed by atoms with E-state index in [1.807, 2.05) is 18.2 Å². The van der Waals surface area contributed by atoms with E-state index in [2.05, 4.69) is 16.4 Å². The van der Waals surface area contributed by atoms with Crippen molar-refractivity contribution in [1.29, 1.82) is 0 Å². The molecule has 2 amide bonds. The van der Waals surface area contributed by atoms with Gasteiger partial charge in [0.25, 0.3) is 11.8 Å². The zero-order valence-electron chi connectivity index (χ0n) is 17.2. The third-order valence-corrected chi connectivity index (χ3v) is 5.73. The van der Waals surface area contributed by atoms with Crippen LogP contribution in [-0.4, -0.2) is 60.1 Å². The van der Waals surface area contributed by atoms with E-state index in [1.165, 1.54) is 12.0 Å². The van der Waals surface area contributed by atoms with Crippen LogP contribution >= 0.6 is 0 Å². The van der Waals surface area contributed by atoms with Gasteiger partial charge in [0.2, 0.25) is 0 Å². The van der Waals surface area contributed by atoms with Gasteiger partial charge in [0.05, 0.1) is 19.7 Å². The average Bonchev–Trinajstić information content (AvgIpc) is 3.19. The highest BCUT2D eigenvalue weighted by atomic mass is 16.5. The molecular weight excluding hydrogens is 386 g/mol. The monoisotopic (exact) mass is 413 g/mol. The lowest BCUT2D eigenvalue weighted by Gasteiger charge is -2.41. The summed E-state index contributed by atoms with van der Waals surface area (Å²) in [5.74, 6) is 0.907. The van der Waals surface area contributed by atoms with Crippen molar-refractivity contribution in [3.05, 3.63) is 47.7 Å². The molecule has 1 N–H and O–H groups in total. The van der Waals surface area contributed by atoms with E-state index in [0.29, 0.717) is 38.5 Å². The first kappa shape index (κ1) is 20.4. The van der Waals surface area contributed by atoms with Crippen molar-refractivity contribution in [2.45, 2.75) is 38.2 Å². The fraction of sp³-hybridized carbons (Fsp3) is 0.500. The van der Waals surface area contributed by atoms with E-state index in [0.717, 1.165) is 25.0 Å². The number of hydrogen-bond donors (Lipinski definition) is 1. The number of aryl methyl sites for hydroxylation is 2. The van der Waals surface area contributed by atoms with Crippen LogP contribution in [0.15, 0.2) is 35.1 Å². The second-order valence-corrected chi connectivity index (χ2v) is 7.75. The summed E-state index contributed by atoms with van der Waals surface area (Å²) in [4.78, 5) is 31.7. The van der Waals surface area contributed by atoms with Crippen LogP contribution in [-0.2, 0) is 16.0 Å². The van der Waals surface area contributed by atoms with Crippen LogP contribution in [0, 0.1) is 6.92 Å². The number of nitrogens with one attached hydrogen (secondary N) is 1. The first-order valence-electron chi connectivity index (χ1n) is 10.4. The quantitative estimate of drug-likeness (QED) is 0.770. The predicted octanol–water partition coefficient (Wildman–Crippen LogP) is 2.12. The van der Waals surface area contributed by atoms with Gasteiger partial charge in [-0.1, -0.05) is 18.2 Å². The maximum Gasteiger partial charge on any atom is 0.276 e. The second-order valence-electron chi connectivity index (χ2n) is 7.75. The lowest BCUT2D eigenvalue weighted by molar-refractivity contribution is -0.159. The molecule has 8 nitrogen and oxygen atoms in total. The Morgan fingerprint density at radius 1 is 1.23 bits per heavy atom. The normalized spacial score (nSPS) is 23.0. The van der Waals surface area contributed by atoms with Crippen LogP contribution in [0.3, 0.4) is 0 Å². The molecule has 1 spiro atoms. The van der Waals surface area contributed by atoms with Gasteiger partial charge in [-0.15, -0.1) is 0 Å². The Bertz CT molecular complexity index is 912. The molecule has 1 aromatic carbocycles. The smallest absolute Gasteiger partial charge is 0.276 e. The van der Waals surface area contributed by atoms with Crippen molar-refractivity contribution in [2.24, 2.45) is 0 Å². The average molecular weight is 413 g/mol. The first-order chi connectivity index (χ1) is 14.6. The number of aromatic nitrogens is 1. The number of carbonyl (C=O) groups is 2. The molecule has 3 heterocycles. The summed E-state index contributed by atoms with van der Waals surface area (Å²) in [6.45, 7) is 3.36. The zero-order chi connectivity index (χ0) is 21.0. The van der Waals surface area contributed by atoms with Crippen molar-refractivity contribution in [2.75, 3.05) is 32.8 Å². The Morgan fingerprint density at radius 3 is 2.93 bits per heavy atom. The first-order valence-corrected chi connectivity index (χ1v) is 10.4. The van der Waals surface area contributed by atoms with E-state index >= 15 is 0 Å². The SMILES string of the molecule is Cc1ocnc1C(=O)N1CCOC2(CCCCc3ccccc3OCCNC2=O)C1. The lowest BCUT2D eigenvalue weighted by atomic mass is 9.91. The van der Waals surface area contributed by atoms with Gasteiger partial charge in [-0.05, 0) is 44.2 Å². The van der Waals surface area contributed by atoms with Crippen molar-refractivity contribution in [1.82, 2.24) is 15.2 Å². The summed E-state index contributed by atoms with van der Waals surface area (Å²) in [5, 5.41) is 2.94. The highest BCUT2D eigenvalue weighted by molar-refractivity contribution is 5.94. The highest BCUT2D eigenvalue weighted by Gasteiger charge is 2.45. The molecule has 2 aliphatic heterocycles. The molecular formula is C22H27N3O5. The fourth-order valence-electron chi connectivity index (χ4n) is 4.08. The van der Waals surface area contributed by atoms with Crippen molar-refractivity contribution in [3.63, 3.8) is 0 Å². The summed E-state index contributed by atoms with van der Waals surface area (Å²) in [5.41, 5.74) is 0.386. The van der Waals surface area contributed by atoms with Crippen molar-refractivity contribution >= 4 is 11.8 Å². The number of hydrogen-bond acceptors (Lipinski definition) is 6. The van der Waals surface area contributed by atoms with E-state index < -0.39 is 5.60 Å². The number of benzene rings is 1. The molecule has 1 aromatic heterocycles. The van der Waals surface area contributed by atoms with Gasteiger partial charge in [0.15, 0.2) is 17.7 Å². The molecule has 1 fully saturated rings. The van der Waals surface area contributed by atoms with Gasteiger partial charge in [-0.3, -0.25) is 9.59 Å². The van der Waals surface area contributed by atoms with Gasteiger partial charge >= 0.3 is 0 Å². The Morgan fingerprint density at radius 2 is 2.10 bits per heavy atom. The Balaban J connectivity index is 1.50. The zero-order valence-corrected chi connectivity index (χ0v) is 17.2. The topological polar surface area (TPSA) is 93.9 Å². The van der Waals surface area contributed by atoms with Gasteiger partial charge in [0, 0.05) is 6.54 Å². The maximum absolute atomic E-state index is 13.1. The minimum Gasteiger partial charge on any atom is -0.491 e. The summed E-state index contributed by atoms with van der Waals surface area (Å²) in [7, 11) is 0. The minimum absolute atomic E-state index is 0.196. The van der Waals surface area contributed by atoms with Crippen LogP contribution in [0.4, 0.5) is 0 Å². The molecule has 4 rings (SSSR count). The molecule has 160 valence electrons.